The number of halogens is 1. The lowest BCUT2D eigenvalue weighted by molar-refractivity contribution is 0.0673. The van der Waals surface area contributed by atoms with Crippen LogP contribution in [0.2, 0.25) is 0 Å². The monoisotopic (exact) mass is 330 g/mol. The van der Waals surface area contributed by atoms with Crippen molar-refractivity contribution in [1.82, 2.24) is 20.0 Å². The zero-order valence-electron chi connectivity index (χ0n) is 14.5. The summed E-state index contributed by atoms with van der Waals surface area (Å²) in [4.78, 5) is 14.5. The first-order valence-electron chi connectivity index (χ1n) is 8.23. The highest BCUT2D eigenvalue weighted by molar-refractivity contribution is 5.94. The number of aryl methyl sites for hydroxylation is 2. The summed E-state index contributed by atoms with van der Waals surface area (Å²) in [5.41, 5.74) is 2.42. The highest BCUT2D eigenvalue weighted by atomic mass is 19.1. The van der Waals surface area contributed by atoms with Crippen LogP contribution < -0.4 is 5.32 Å². The van der Waals surface area contributed by atoms with Crippen molar-refractivity contribution >= 4 is 5.91 Å². The minimum absolute atomic E-state index is 0.131. The molecule has 1 amide bonds. The zero-order valence-corrected chi connectivity index (χ0v) is 14.5. The molecule has 2 heterocycles. The molecule has 0 spiro atoms. The van der Waals surface area contributed by atoms with Crippen molar-refractivity contribution in [2.24, 2.45) is 0 Å². The molecule has 1 aliphatic rings. The van der Waals surface area contributed by atoms with Crippen LogP contribution in [0.3, 0.4) is 0 Å². The number of rotatable bonds is 2. The number of carbonyl (C=O) groups is 1. The summed E-state index contributed by atoms with van der Waals surface area (Å²) in [5, 5.41) is 7.69. The van der Waals surface area contributed by atoms with Gasteiger partial charge in [0.25, 0.3) is 5.91 Å². The average molecular weight is 330 g/mol. The summed E-state index contributed by atoms with van der Waals surface area (Å²) in [6, 6.07) is 6.96. The predicted molar refractivity (Wildman–Crippen MR) is 91.0 cm³/mol. The number of nitrogens with zero attached hydrogens (tertiary/aromatic N) is 3. The van der Waals surface area contributed by atoms with Gasteiger partial charge in [0, 0.05) is 36.4 Å². The second-order valence-electron chi connectivity index (χ2n) is 6.68. The molecule has 24 heavy (non-hydrogen) atoms. The third kappa shape index (κ3) is 3.19. The van der Waals surface area contributed by atoms with Crippen molar-refractivity contribution in [1.29, 1.82) is 0 Å². The minimum atomic E-state index is -0.441. The molecular weight excluding hydrogens is 307 g/mol. The maximum Gasteiger partial charge on any atom is 0.254 e. The largest absolute Gasteiger partial charge is 0.336 e. The van der Waals surface area contributed by atoms with Gasteiger partial charge < -0.3 is 10.2 Å². The second kappa shape index (κ2) is 6.36. The van der Waals surface area contributed by atoms with E-state index in [1.165, 1.54) is 6.07 Å². The fourth-order valence-corrected chi connectivity index (χ4v) is 3.36. The van der Waals surface area contributed by atoms with Crippen LogP contribution in [0.5, 0.6) is 0 Å². The lowest BCUT2D eigenvalue weighted by Gasteiger charge is -2.36. The molecule has 128 valence electrons. The smallest absolute Gasteiger partial charge is 0.254 e. The van der Waals surface area contributed by atoms with Crippen LogP contribution in [0.25, 0.3) is 5.69 Å². The van der Waals surface area contributed by atoms with Crippen LogP contribution in [0.4, 0.5) is 4.39 Å². The highest BCUT2D eigenvalue weighted by Crippen LogP contribution is 2.19. The molecule has 0 bridgehead atoms. The fraction of sp³-hybridized carbons (Fsp3) is 0.444. The summed E-state index contributed by atoms with van der Waals surface area (Å²) in [6.07, 6.45) is 0. The van der Waals surface area contributed by atoms with E-state index in [0.29, 0.717) is 24.3 Å². The van der Waals surface area contributed by atoms with Crippen LogP contribution in [0.1, 0.15) is 35.6 Å². The van der Waals surface area contributed by atoms with E-state index in [-0.39, 0.29) is 18.0 Å². The molecule has 0 saturated carbocycles. The molecular formula is C18H23FN4O. The van der Waals surface area contributed by atoms with E-state index in [4.69, 9.17) is 0 Å². The van der Waals surface area contributed by atoms with Crippen LogP contribution in [-0.4, -0.2) is 45.8 Å². The zero-order chi connectivity index (χ0) is 17.4. The Bertz CT molecular complexity index is 760. The average Bonchev–Trinajstić information content (AvgIpc) is 2.84. The topological polar surface area (TPSA) is 50.2 Å². The van der Waals surface area contributed by atoms with Crippen molar-refractivity contribution in [2.75, 3.05) is 13.1 Å². The van der Waals surface area contributed by atoms with Crippen LogP contribution in [-0.2, 0) is 0 Å². The van der Waals surface area contributed by atoms with Gasteiger partial charge in [0.15, 0.2) is 0 Å². The van der Waals surface area contributed by atoms with Gasteiger partial charge >= 0.3 is 0 Å². The first kappa shape index (κ1) is 16.6. The number of benzene rings is 1. The Kier molecular flexibility index (Phi) is 4.41. The second-order valence-corrected chi connectivity index (χ2v) is 6.68. The third-order valence-corrected chi connectivity index (χ3v) is 4.28. The standard InChI is InChI=1S/C18H23FN4O/c1-11-7-14(4)23(21-11)17-6-5-15(8-16(17)19)18(24)22-9-12(2)20-13(3)10-22/h5-8,12-13,20H,9-10H2,1-4H3/t12-,13-/m0/s1. The van der Waals surface area contributed by atoms with Crippen LogP contribution >= 0.6 is 0 Å². The van der Waals surface area contributed by atoms with E-state index in [2.05, 4.69) is 10.4 Å². The molecule has 3 rings (SSSR count). The van der Waals surface area contributed by atoms with Crippen LogP contribution in [0, 0.1) is 19.7 Å². The first-order valence-corrected chi connectivity index (χ1v) is 8.23. The van der Waals surface area contributed by atoms with Gasteiger partial charge in [0.2, 0.25) is 0 Å². The normalized spacial score (nSPS) is 21.1. The number of hydrogen-bond acceptors (Lipinski definition) is 3. The Labute approximate surface area is 141 Å². The molecule has 0 aliphatic carbocycles. The SMILES string of the molecule is Cc1cc(C)n(-c2ccc(C(=O)N3C[C@H](C)N[C@@H](C)C3)cc2F)n1. The first-order chi connectivity index (χ1) is 11.3. The number of carbonyl (C=O) groups excluding carboxylic acids is 1. The van der Waals surface area contributed by atoms with Crippen molar-refractivity contribution in [2.45, 2.75) is 39.8 Å². The van der Waals surface area contributed by atoms with E-state index >= 15 is 0 Å². The maximum absolute atomic E-state index is 14.6. The lowest BCUT2D eigenvalue weighted by Crippen LogP contribution is -2.55. The van der Waals surface area contributed by atoms with Gasteiger partial charge in [0.05, 0.1) is 5.69 Å². The van der Waals surface area contributed by atoms with Gasteiger partial charge in [-0.15, -0.1) is 0 Å². The molecule has 0 unspecified atom stereocenters. The van der Waals surface area contributed by atoms with Crippen LogP contribution in [0.15, 0.2) is 24.3 Å². The van der Waals surface area contributed by atoms with E-state index in [9.17, 15) is 9.18 Å². The van der Waals surface area contributed by atoms with E-state index < -0.39 is 5.82 Å². The van der Waals surface area contributed by atoms with E-state index in [1.54, 1.807) is 21.7 Å². The molecule has 2 aromatic rings. The summed E-state index contributed by atoms with van der Waals surface area (Å²) in [7, 11) is 0. The van der Waals surface area contributed by atoms with Gasteiger partial charge in [-0.05, 0) is 52.0 Å². The summed E-state index contributed by atoms with van der Waals surface area (Å²) in [6.45, 7) is 9.09. The Balaban J connectivity index is 1.87. The van der Waals surface area contributed by atoms with Crippen molar-refractivity contribution < 1.29 is 9.18 Å². The molecule has 0 radical (unpaired) electrons. The molecule has 1 aromatic carbocycles. The van der Waals surface area contributed by atoms with Crippen molar-refractivity contribution in [3.8, 4) is 5.69 Å². The Morgan fingerprint density at radius 3 is 2.42 bits per heavy atom. The molecule has 1 aliphatic heterocycles. The summed E-state index contributed by atoms with van der Waals surface area (Å²) >= 11 is 0. The van der Waals surface area contributed by atoms with E-state index in [0.717, 1.165) is 11.4 Å². The maximum atomic E-state index is 14.6. The van der Waals surface area contributed by atoms with Gasteiger partial charge in [-0.2, -0.15) is 5.10 Å². The van der Waals surface area contributed by atoms with Crippen molar-refractivity contribution in [3.05, 3.63) is 47.0 Å². The van der Waals surface area contributed by atoms with E-state index in [1.807, 2.05) is 33.8 Å². The molecule has 6 heteroatoms. The van der Waals surface area contributed by atoms with Gasteiger partial charge in [-0.3, -0.25) is 4.79 Å². The van der Waals surface area contributed by atoms with Gasteiger partial charge in [-0.25, -0.2) is 9.07 Å². The Morgan fingerprint density at radius 1 is 1.21 bits per heavy atom. The van der Waals surface area contributed by atoms with Gasteiger partial charge in [-0.1, -0.05) is 0 Å². The molecule has 5 nitrogen and oxygen atoms in total. The summed E-state index contributed by atoms with van der Waals surface area (Å²) in [5.74, 6) is -0.572. The lowest BCUT2D eigenvalue weighted by atomic mass is 10.1. The molecule has 1 aromatic heterocycles. The quantitative estimate of drug-likeness (QED) is 0.920. The third-order valence-electron chi connectivity index (χ3n) is 4.28. The molecule has 2 atom stereocenters. The highest BCUT2D eigenvalue weighted by Gasteiger charge is 2.26. The Hall–Kier alpha value is -2.21. The predicted octanol–water partition coefficient (Wildman–Crippen LogP) is 2.45. The summed E-state index contributed by atoms with van der Waals surface area (Å²) < 4.78 is 16.1. The molecule has 1 N–H and O–H groups in total. The number of aromatic nitrogens is 2. The number of nitrogens with one attached hydrogen (secondary N) is 1. The minimum Gasteiger partial charge on any atom is -0.336 e. The number of amides is 1. The fourth-order valence-electron chi connectivity index (χ4n) is 3.36. The van der Waals surface area contributed by atoms with Crippen molar-refractivity contribution in [3.63, 3.8) is 0 Å². The van der Waals surface area contributed by atoms with Gasteiger partial charge in [0.1, 0.15) is 11.5 Å². The number of piperazine rings is 1. The number of hydrogen-bond donors (Lipinski definition) is 1. The molecule has 1 fully saturated rings. The Morgan fingerprint density at radius 2 is 1.88 bits per heavy atom. The molecule has 1 saturated heterocycles.